The van der Waals surface area contributed by atoms with Crippen molar-refractivity contribution in [3.63, 3.8) is 0 Å². The minimum absolute atomic E-state index is 0.338. The van der Waals surface area contributed by atoms with Gasteiger partial charge in [0.25, 0.3) is 0 Å². The van der Waals surface area contributed by atoms with Gasteiger partial charge in [0.05, 0.1) is 0 Å². The number of anilines is 4. The zero-order chi connectivity index (χ0) is 28.2. The van der Waals surface area contributed by atoms with Crippen LogP contribution in [0.15, 0.2) is 53.9 Å². The average Bonchev–Trinajstić information content (AvgIpc) is 3.42. The van der Waals surface area contributed by atoms with Crippen LogP contribution in [0.2, 0.25) is 0 Å². The summed E-state index contributed by atoms with van der Waals surface area (Å²) in [5.41, 5.74) is 18.6. The van der Waals surface area contributed by atoms with Crippen LogP contribution in [0.3, 0.4) is 0 Å². The highest BCUT2D eigenvalue weighted by molar-refractivity contribution is 7.14. The van der Waals surface area contributed by atoms with Gasteiger partial charge in [-0.2, -0.15) is 0 Å². The maximum absolute atomic E-state index is 5.91. The normalized spacial score (nSPS) is 14.6. The molecule has 9 heteroatoms. The van der Waals surface area contributed by atoms with Crippen LogP contribution < -0.4 is 16.4 Å². The molecule has 4 N–H and O–H groups in total. The van der Waals surface area contributed by atoms with E-state index in [4.69, 9.17) is 16.5 Å². The van der Waals surface area contributed by atoms with Gasteiger partial charge >= 0.3 is 0 Å². The summed E-state index contributed by atoms with van der Waals surface area (Å²) in [5, 5.41) is 2.87. The van der Waals surface area contributed by atoms with Crippen molar-refractivity contribution in [2.45, 2.75) is 27.2 Å². The first kappa shape index (κ1) is 28.0. The summed E-state index contributed by atoms with van der Waals surface area (Å²) in [7, 11) is 2.20. The second-order valence-electron chi connectivity index (χ2n) is 11.2. The lowest BCUT2D eigenvalue weighted by molar-refractivity contribution is 0.155. The van der Waals surface area contributed by atoms with Gasteiger partial charge in [-0.05, 0) is 54.6 Å². The number of aryl methyl sites for hydroxylation is 1. The fourth-order valence-electron chi connectivity index (χ4n) is 5.04. The van der Waals surface area contributed by atoms with Crippen LogP contribution in [0, 0.1) is 12.8 Å². The molecule has 0 saturated carbocycles. The lowest BCUT2D eigenvalue weighted by Gasteiger charge is -2.32. The first-order chi connectivity index (χ1) is 19.2. The predicted octanol–water partition coefficient (Wildman–Crippen LogP) is 5.32. The van der Waals surface area contributed by atoms with Crippen LogP contribution in [0.4, 0.5) is 22.5 Å². The second kappa shape index (κ2) is 12.3. The van der Waals surface area contributed by atoms with E-state index in [1.165, 1.54) is 22.3 Å². The average molecular weight is 557 g/mol. The Morgan fingerprint density at radius 1 is 0.900 bits per heavy atom. The molecule has 1 aliphatic rings. The maximum atomic E-state index is 5.91. The highest BCUT2D eigenvalue weighted by Gasteiger charge is 2.20. The molecule has 2 aromatic carbocycles. The second-order valence-corrected chi connectivity index (χ2v) is 12.0. The lowest BCUT2D eigenvalue weighted by Crippen LogP contribution is -2.45. The van der Waals surface area contributed by atoms with Crippen molar-refractivity contribution in [3.8, 4) is 22.6 Å². The van der Waals surface area contributed by atoms with Gasteiger partial charge in [-0.25, -0.2) is 15.0 Å². The molecule has 0 radical (unpaired) electrons. The van der Waals surface area contributed by atoms with Crippen LogP contribution in [-0.4, -0.2) is 71.1 Å². The zero-order valence-corrected chi connectivity index (χ0v) is 24.8. The van der Waals surface area contributed by atoms with Crippen molar-refractivity contribution in [1.29, 1.82) is 0 Å². The summed E-state index contributed by atoms with van der Waals surface area (Å²) >= 11 is 1.58. The third-order valence-corrected chi connectivity index (χ3v) is 8.23. The molecule has 40 heavy (non-hydrogen) atoms. The van der Waals surface area contributed by atoms with Crippen LogP contribution in [-0.2, 0) is 6.42 Å². The number of nitrogens with zero attached hydrogens (tertiary/aromatic N) is 6. The van der Waals surface area contributed by atoms with Gasteiger partial charge in [0, 0.05) is 56.4 Å². The molecule has 0 atom stereocenters. The van der Waals surface area contributed by atoms with E-state index in [1.807, 2.05) is 5.38 Å². The van der Waals surface area contributed by atoms with Crippen molar-refractivity contribution in [3.05, 3.63) is 65.0 Å². The molecule has 210 valence electrons. The molecule has 1 fully saturated rings. The van der Waals surface area contributed by atoms with Crippen molar-refractivity contribution < 1.29 is 0 Å². The summed E-state index contributed by atoms with van der Waals surface area (Å²) < 4.78 is 0. The fraction of sp³-hybridized carbons (Fsp3) is 0.387. The van der Waals surface area contributed by atoms with Crippen molar-refractivity contribution >= 4 is 33.8 Å². The van der Waals surface area contributed by atoms with Gasteiger partial charge in [-0.15, -0.1) is 11.3 Å². The van der Waals surface area contributed by atoms with Gasteiger partial charge in [0.15, 0.2) is 11.0 Å². The Bertz CT molecular complexity index is 1400. The molecule has 0 spiro atoms. The Morgan fingerprint density at radius 2 is 1.57 bits per heavy atom. The number of aromatic nitrogens is 3. The number of rotatable bonds is 9. The molecule has 1 saturated heterocycles. The number of benzene rings is 2. The van der Waals surface area contributed by atoms with Gasteiger partial charge < -0.3 is 26.2 Å². The Balaban J connectivity index is 1.37. The third-order valence-electron chi connectivity index (χ3n) is 7.37. The first-order valence-electron chi connectivity index (χ1n) is 14.0. The summed E-state index contributed by atoms with van der Waals surface area (Å²) in [6, 6.07) is 17.3. The number of nitrogen functional groups attached to an aromatic ring is 2. The SMILES string of the molecule is Cc1ccc(-c2ccc(CCN3CCN(C)CC3)cc2)cc1N(CC(C)C)c1nc(-c2nc(N)cc(N)n2)cs1. The number of thiazole rings is 1. The van der Waals surface area contributed by atoms with E-state index in [2.05, 4.69) is 95.0 Å². The number of piperazine rings is 1. The van der Waals surface area contributed by atoms with Crippen LogP contribution in [0.5, 0.6) is 0 Å². The summed E-state index contributed by atoms with van der Waals surface area (Å²) in [4.78, 5) is 20.9. The molecule has 2 aromatic heterocycles. The van der Waals surface area contributed by atoms with E-state index in [0.717, 1.165) is 56.5 Å². The molecule has 5 rings (SSSR count). The molecule has 1 aliphatic heterocycles. The lowest BCUT2D eigenvalue weighted by atomic mass is 10.00. The molecule has 8 nitrogen and oxygen atoms in total. The molecule has 4 aromatic rings. The zero-order valence-electron chi connectivity index (χ0n) is 24.0. The smallest absolute Gasteiger partial charge is 0.190 e. The first-order valence-corrected chi connectivity index (χ1v) is 14.9. The minimum atomic E-state index is 0.338. The molecule has 0 aliphatic carbocycles. The fourth-order valence-corrected chi connectivity index (χ4v) is 5.86. The van der Waals surface area contributed by atoms with E-state index >= 15 is 0 Å². The highest BCUT2D eigenvalue weighted by Crippen LogP contribution is 2.36. The Hall–Kier alpha value is -3.53. The van der Waals surface area contributed by atoms with E-state index in [-0.39, 0.29) is 0 Å². The van der Waals surface area contributed by atoms with E-state index in [9.17, 15) is 0 Å². The summed E-state index contributed by atoms with van der Waals surface area (Å²) in [6.07, 6.45) is 1.08. The number of hydrogen-bond acceptors (Lipinski definition) is 9. The van der Waals surface area contributed by atoms with Crippen LogP contribution >= 0.6 is 11.3 Å². The molecule has 0 unspecified atom stereocenters. The molecule has 0 amide bonds. The molecular weight excluding hydrogens is 516 g/mol. The quantitative estimate of drug-likeness (QED) is 0.286. The minimum Gasteiger partial charge on any atom is -0.384 e. The number of nitrogens with two attached hydrogens (primary N) is 2. The molecule has 0 bridgehead atoms. The van der Waals surface area contributed by atoms with E-state index in [1.54, 1.807) is 17.4 Å². The van der Waals surface area contributed by atoms with E-state index < -0.39 is 0 Å². The third kappa shape index (κ3) is 6.78. The van der Waals surface area contributed by atoms with Gasteiger partial charge in [0.1, 0.15) is 17.3 Å². The number of hydrogen-bond donors (Lipinski definition) is 2. The Kier molecular flexibility index (Phi) is 8.63. The van der Waals surface area contributed by atoms with Crippen LogP contribution in [0.25, 0.3) is 22.6 Å². The van der Waals surface area contributed by atoms with Crippen molar-refractivity contribution in [1.82, 2.24) is 24.8 Å². The van der Waals surface area contributed by atoms with Crippen molar-refractivity contribution in [2.75, 3.05) is 62.7 Å². The molecular formula is C31H40N8S. The topological polar surface area (TPSA) is 100 Å². The van der Waals surface area contributed by atoms with Crippen molar-refractivity contribution in [2.24, 2.45) is 5.92 Å². The Morgan fingerprint density at radius 3 is 2.25 bits per heavy atom. The summed E-state index contributed by atoms with van der Waals surface area (Å²) in [6.45, 7) is 13.2. The largest absolute Gasteiger partial charge is 0.384 e. The highest BCUT2D eigenvalue weighted by atomic mass is 32.1. The van der Waals surface area contributed by atoms with E-state index in [0.29, 0.717) is 29.1 Å². The van der Waals surface area contributed by atoms with Gasteiger partial charge in [-0.1, -0.05) is 50.2 Å². The monoisotopic (exact) mass is 556 g/mol. The maximum Gasteiger partial charge on any atom is 0.190 e. The van der Waals surface area contributed by atoms with Gasteiger partial charge in [0.2, 0.25) is 0 Å². The molecule has 3 heterocycles. The van der Waals surface area contributed by atoms with Gasteiger partial charge in [-0.3, -0.25) is 0 Å². The summed E-state index contributed by atoms with van der Waals surface area (Å²) in [5.74, 6) is 1.56. The number of likely N-dealkylation sites (N-methyl/N-ethyl adjacent to an activating group) is 1. The predicted molar refractivity (Wildman–Crippen MR) is 168 cm³/mol. The van der Waals surface area contributed by atoms with Crippen LogP contribution in [0.1, 0.15) is 25.0 Å². The Labute approximate surface area is 241 Å². The standard InChI is InChI=1S/C31H40N8S/c1-21(2)19-39(31-34-26(20-40-31)30-35-28(32)18-29(33)36-30)27-17-25(8-5-22(27)3)24-9-6-23(7-10-24)11-12-38-15-13-37(4)14-16-38/h5-10,17-18,20-21H,11-16,19H2,1-4H3,(H4,32,33,35,36).